The third kappa shape index (κ3) is 13.0. The van der Waals surface area contributed by atoms with Gasteiger partial charge in [0.25, 0.3) is 0 Å². The number of para-hydroxylation sites is 1. The summed E-state index contributed by atoms with van der Waals surface area (Å²) in [6.45, 7) is 4.51. The van der Waals surface area contributed by atoms with E-state index in [1.807, 2.05) is 30.3 Å². The molecular weight excluding hydrogens is 344 g/mol. The van der Waals surface area contributed by atoms with E-state index in [4.69, 9.17) is 4.74 Å². The summed E-state index contributed by atoms with van der Waals surface area (Å²) in [5.41, 5.74) is 0. The van der Waals surface area contributed by atoms with Gasteiger partial charge in [0.15, 0.2) is 0 Å². The number of hydrogen-bond donors (Lipinski definition) is 0. The lowest BCUT2D eigenvalue weighted by atomic mass is 9.94. The minimum absolute atomic E-state index is 0.0248. The highest BCUT2D eigenvalue weighted by Crippen LogP contribution is 2.22. The number of carbonyl (C=O) groups excluding carboxylic acids is 1. The van der Waals surface area contributed by atoms with Gasteiger partial charge in [-0.05, 0) is 25.0 Å². The Bertz CT molecular complexity index is 451. The topological polar surface area (TPSA) is 26.3 Å². The molecular formula is C26H44O2. The Balaban J connectivity index is 2.33. The van der Waals surface area contributed by atoms with Gasteiger partial charge < -0.3 is 4.74 Å². The maximum absolute atomic E-state index is 12.7. The molecule has 0 radical (unpaired) electrons. The summed E-state index contributed by atoms with van der Waals surface area (Å²) in [5.74, 6) is 0.714. The second-order valence-electron chi connectivity index (χ2n) is 8.25. The summed E-state index contributed by atoms with van der Waals surface area (Å²) in [4.78, 5) is 12.7. The summed E-state index contributed by atoms with van der Waals surface area (Å²) in [7, 11) is 0. The number of unbranched alkanes of at least 4 members (excludes halogenated alkanes) is 12. The van der Waals surface area contributed by atoms with E-state index in [2.05, 4.69) is 13.8 Å². The summed E-state index contributed by atoms with van der Waals surface area (Å²) in [5, 5.41) is 0. The molecule has 0 saturated carbocycles. The summed E-state index contributed by atoms with van der Waals surface area (Å²) >= 11 is 0. The van der Waals surface area contributed by atoms with Crippen molar-refractivity contribution in [3.8, 4) is 5.75 Å². The van der Waals surface area contributed by atoms with Crippen LogP contribution in [0.4, 0.5) is 0 Å². The molecule has 0 heterocycles. The monoisotopic (exact) mass is 388 g/mol. The molecule has 0 atom stereocenters. The Labute approximate surface area is 174 Å². The van der Waals surface area contributed by atoms with E-state index in [1.54, 1.807) is 0 Å². The van der Waals surface area contributed by atoms with Crippen molar-refractivity contribution < 1.29 is 9.53 Å². The predicted molar refractivity (Wildman–Crippen MR) is 121 cm³/mol. The Morgan fingerprint density at radius 2 is 1.11 bits per heavy atom. The molecule has 0 amide bonds. The van der Waals surface area contributed by atoms with Crippen LogP contribution < -0.4 is 4.74 Å². The third-order valence-electron chi connectivity index (χ3n) is 5.61. The Kier molecular flexibility index (Phi) is 15.7. The molecule has 160 valence electrons. The third-order valence-corrected chi connectivity index (χ3v) is 5.61. The molecule has 1 rings (SSSR count). The van der Waals surface area contributed by atoms with E-state index in [-0.39, 0.29) is 11.9 Å². The molecule has 0 aliphatic rings. The minimum atomic E-state index is -0.0248. The van der Waals surface area contributed by atoms with Crippen LogP contribution in [-0.4, -0.2) is 5.97 Å². The van der Waals surface area contributed by atoms with Crippen molar-refractivity contribution in [3.05, 3.63) is 30.3 Å². The molecule has 0 unspecified atom stereocenters. The fourth-order valence-corrected chi connectivity index (χ4v) is 3.76. The first-order chi connectivity index (χ1) is 13.8. The lowest BCUT2D eigenvalue weighted by Gasteiger charge is -2.16. The molecule has 0 aromatic heterocycles. The van der Waals surface area contributed by atoms with Crippen LogP contribution in [0.25, 0.3) is 0 Å². The first-order valence-corrected chi connectivity index (χ1v) is 12.0. The smallest absolute Gasteiger partial charge is 0.314 e. The quantitative estimate of drug-likeness (QED) is 0.143. The SMILES string of the molecule is CCCCCCCCCC(CCCCCCCCC)C(=O)Oc1ccccc1. The van der Waals surface area contributed by atoms with E-state index < -0.39 is 0 Å². The minimum Gasteiger partial charge on any atom is -0.426 e. The summed E-state index contributed by atoms with van der Waals surface area (Å²) < 4.78 is 5.66. The van der Waals surface area contributed by atoms with Gasteiger partial charge in [0.1, 0.15) is 5.75 Å². The lowest BCUT2D eigenvalue weighted by Crippen LogP contribution is -2.20. The van der Waals surface area contributed by atoms with Crippen molar-refractivity contribution in [1.82, 2.24) is 0 Å². The van der Waals surface area contributed by atoms with Crippen LogP contribution in [0.5, 0.6) is 5.75 Å². The summed E-state index contributed by atoms with van der Waals surface area (Å²) in [6, 6.07) is 9.53. The number of esters is 1. The zero-order valence-electron chi connectivity index (χ0n) is 18.6. The lowest BCUT2D eigenvalue weighted by molar-refractivity contribution is -0.139. The zero-order valence-corrected chi connectivity index (χ0v) is 18.6. The van der Waals surface area contributed by atoms with Crippen LogP contribution in [0.2, 0.25) is 0 Å². The van der Waals surface area contributed by atoms with Crippen molar-refractivity contribution in [2.75, 3.05) is 0 Å². The van der Waals surface area contributed by atoms with Crippen LogP contribution in [0.1, 0.15) is 117 Å². The molecule has 0 fully saturated rings. The molecule has 0 saturated heterocycles. The maximum Gasteiger partial charge on any atom is 0.314 e. The molecule has 1 aromatic carbocycles. The van der Waals surface area contributed by atoms with Gasteiger partial charge in [-0.3, -0.25) is 4.79 Å². The highest BCUT2D eigenvalue weighted by molar-refractivity contribution is 5.75. The van der Waals surface area contributed by atoms with E-state index in [1.165, 1.54) is 77.0 Å². The van der Waals surface area contributed by atoms with E-state index >= 15 is 0 Å². The van der Waals surface area contributed by atoms with Crippen LogP contribution in [0.15, 0.2) is 30.3 Å². The van der Waals surface area contributed by atoms with Gasteiger partial charge in [-0.1, -0.05) is 122 Å². The molecule has 2 heteroatoms. The maximum atomic E-state index is 12.7. The van der Waals surface area contributed by atoms with Gasteiger partial charge in [-0.15, -0.1) is 0 Å². The molecule has 0 aliphatic heterocycles. The highest BCUT2D eigenvalue weighted by atomic mass is 16.5. The average Bonchev–Trinajstić information content (AvgIpc) is 2.71. The Morgan fingerprint density at radius 1 is 0.679 bits per heavy atom. The van der Waals surface area contributed by atoms with Crippen molar-refractivity contribution in [3.63, 3.8) is 0 Å². The largest absolute Gasteiger partial charge is 0.426 e. The zero-order chi connectivity index (χ0) is 20.3. The first-order valence-electron chi connectivity index (χ1n) is 12.0. The van der Waals surface area contributed by atoms with Gasteiger partial charge in [0, 0.05) is 0 Å². The second kappa shape index (κ2) is 17.8. The number of ether oxygens (including phenoxy) is 1. The van der Waals surface area contributed by atoms with Crippen LogP contribution in [0, 0.1) is 5.92 Å². The van der Waals surface area contributed by atoms with Gasteiger partial charge in [0.2, 0.25) is 0 Å². The molecule has 28 heavy (non-hydrogen) atoms. The van der Waals surface area contributed by atoms with Crippen molar-refractivity contribution in [1.29, 1.82) is 0 Å². The fraction of sp³-hybridized carbons (Fsp3) is 0.731. The Hall–Kier alpha value is -1.31. The van der Waals surface area contributed by atoms with Gasteiger partial charge in [0.05, 0.1) is 5.92 Å². The average molecular weight is 389 g/mol. The van der Waals surface area contributed by atoms with Gasteiger partial charge in [-0.2, -0.15) is 0 Å². The molecule has 2 nitrogen and oxygen atoms in total. The molecule has 0 bridgehead atoms. The number of hydrogen-bond acceptors (Lipinski definition) is 2. The van der Waals surface area contributed by atoms with Crippen LogP contribution in [-0.2, 0) is 4.79 Å². The van der Waals surface area contributed by atoms with Gasteiger partial charge in [-0.25, -0.2) is 0 Å². The first kappa shape index (κ1) is 24.7. The van der Waals surface area contributed by atoms with E-state index in [0.29, 0.717) is 5.75 Å². The normalized spacial score (nSPS) is 11.1. The number of benzene rings is 1. The van der Waals surface area contributed by atoms with Crippen molar-refractivity contribution in [2.45, 2.75) is 117 Å². The predicted octanol–water partition coefficient (Wildman–Crippen LogP) is 8.49. The van der Waals surface area contributed by atoms with Crippen molar-refractivity contribution in [2.24, 2.45) is 5.92 Å². The van der Waals surface area contributed by atoms with E-state index in [9.17, 15) is 4.79 Å². The number of rotatable bonds is 18. The Morgan fingerprint density at radius 3 is 1.57 bits per heavy atom. The fourth-order valence-electron chi connectivity index (χ4n) is 3.76. The van der Waals surface area contributed by atoms with Crippen LogP contribution >= 0.6 is 0 Å². The molecule has 0 N–H and O–H groups in total. The molecule has 0 spiro atoms. The highest BCUT2D eigenvalue weighted by Gasteiger charge is 2.20. The van der Waals surface area contributed by atoms with Gasteiger partial charge >= 0.3 is 5.97 Å². The van der Waals surface area contributed by atoms with Crippen molar-refractivity contribution >= 4 is 5.97 Å². The standard InChI is InChI=1S/C26H44O2/c1-3-5-7-9-11-13-16-20-24(21-17-14-12-10-8-6-4-2)26(27)28-25-22-18-15-19-23-25/h15,18-19,22-24H,3-14,16-17,20-21H2,1-2H3. The van der Waals surface area contributed by atoms with E-state index in [0.717, 1.165) is 25.7 Å². The summed E-state index contributed by atoms with van der Waals surface area (Å²) in [6.07, 6.45) is 20.0. The number of carbonyl (C=O) groups is 1. The second-order valence-corrected chi connectivity index (χ2v) is 8.25. The van der Waals surface area contributed by atoms with Crippen LogP contribution in [0.3, 0.4) is 0 Å². The molecule has 1 aromatic rings. The molecule has 0 aliphatic carbocycles.